The lowest BCUT2D eigenvalue weighted by molar-refractivity contribution is -0.0303. The second kappa shape index (κ2) is 7.63. The summed E-state index contributed by atoms with van der Waals surface area (Å²) in [6, 6.07) is 13.6. The lowest BCUT2D eigenvalue weighted by Crippen LogP contribution is -2.39. The van der Waals surface area contributed by atoms with Crippen molar-refractivity contribution in [3.63, 3.8) is 0 Å². The van der Waals surface area contributed by atoms with E-state index in [0.29, 0.717) is 37.0 Å². The van der Waals surface area contributed by atoms with E-state index in [1.165, 1.54) is 4.57 Å². The number of hydrogen-bond acceptors (Lipinski definition) is 5. The zero-order valence-electron chi connectivity index (χ0n) is 16.8. The number of pyridine rings is 1. The number of nitrogens with zero attached hydrogens (tertiary/aromatic N) is 3. The third-order valence-electron chi connectivity index (χ3n) is 5.89. The molecule has 1 N–H and O–H groups in total. The van der Waals surface area contributed by atoms with E-state index in [-0.39, 0.29) is 5.56 Å². The molecule has 152 valence electrons. The van der Waals surface area contributed by atoms with Gasteiger partial charge in [0.25, 0.3) is 5.56 Å². The van der Waals surface area contributed by atoms with Gasteiger partial charge in [-0.25, -0.2) is 4.98 Å². The Morgan fingerprint density at radius 3 is 2.73 bits per heavy atom. The van der Waals surface area contributed by atoms with E-state index in [1.807, 2.05) is 43.5 Å². The van der Waals surface area contributed by atoms with Gasteiger partial charge in [0.2, 0.25) is 0 Å². The van der Waals surface area contributed by atoms with Crippen LogP contribution in [0.1, 0.15) is 29.3 Å². The highest BCUT2D eigenvalue weighted by Gasteiger charge is 2.27. The third-order valence-corrected chi connectivity index (χ3v) is 5.89. The van der Waals surface area contributed by atoms with Gasteiger partial charge in [0, 0.05) is 23.9 Å². The summed E-state index contributed by atoms with van der Waals surface area (Å²) in [5.41, 5.74) is 3.65. The average Bonchev–Trinajstić information content (AvgIpc) is 2.77. The van der Waals surface area contributed by atoms with Crippen molar-refractivity contribution in [3.8, 4) is 0 Å². The molecule has 1 aliphatic rings. The van der Waals surface area contributed by atoms with Gasteiger partial charge in [0.15, 0.2) is 0 Å². The van der Waals surface area contributed by atoms with Crippen LogP contribution >= 0.6 is 0 Å². The normalized spacial score (nSPS) is 19.4. The quantitative estimate of drug-likeness (QED) is 0.534. The highest BCUT2D eigenvalue weighted by Crippen LogP contribution is 2.28. The van der Waals surface area contributed by atoms with Crippen LogP contribution in [0.2, 0.25) is 0 Å². The van der Waals surface area contributed by atoms with Crippen LogP contribution in [0.5, 0.6) is 0 Å². The number of aryl methyl sites for hydroxylation is 1. The molecule has 0 unspecified atom stereocenters. The van der Waals surface area contributed by atoms with E-state index >= 15 is 0 Å². The Hall–Kier alpha value is -3.09. The molecule has 6 nitrogen and oxygen atoms in total. The van der Waals surface area contributed by atoms with Crippen molar-refractivity contribution in [2.45, 2.75) is 31.9 Å². The van der Waals surface area contributed by atoms with Crippen molar-refractivity contribution in [1.29, 1.82) is 0 Å². The van der Waals surface area contributed by atoms with Gasteiger partial charge in [-0.1, -0.05) is 30.3 Å². The Morgan fingerprint density at radius 2 is 1.97 bits per heavy atom. The van der Waals surface area contributed by atoms with Gasteiger partial charge in [-0.05, 0) is 48.4 Å². The van der Waals surface area contributed by atoms with E-state index in [2.05, 4.69) is 22.1 Å². The predicted octanol–water partition coefficient (Wildman–Crippen LogP) is 3.17. The molecule has 30 heavy (non-hydrogen) atoms. The minimum Gasteiger partial charge on any atom is -0.391 e. The largest absolute Gasteiger partial charge is 0.391 e. The van der Waals surface area contributed by atoms with Crippen molar-refractivity contribution in [2.75, 3.05) is 13.2 Å². The smallest absolute Gasteiger partial charge is 0.261 e. The molecule has 1 saturated heterocycles. The van der Waals surface area contributed by atoms with Crippen LogP contribution in [0, 0.1) is 6.92 Å². The first-order valence-electron chi connectivity index (χ1n) is 10.2. The molecule has 1 aliphatic heterocycles. The Bertz CT molecular complexity index is 1280. The fraction of sp³-hybridized carbons (Fsp3) is 0.292. The molecule has 3 heterocycles. The Kier molecular flexibility index (Phi) is 4.81. The van der Waals surface area contributed by atoms with Gasteiger partial charge < -0.3 is 9.84 Å². The molecular formula is C24H23N3O3. The van der Waals surface area contributed by atoms with Crippen LogP contribution in [0.3, 0.4) is 0 Å². The van der Waals surface area contributed by atoms with Crippen molar-refractivity contribution >= 4 is 21.7 Å². The molecule has 0 saturated carbocycles. The minimum absolute atomic E-state index is 0.149. The molecule has 2 aromatic heterocycles. The van der Waals surface area contributed by atoms with Crippen LogP contribution in [-0.2, 0) is 11.2 Å². The molecule has 0 bridgehead atoms. The van der Waals surface area contributed by atoms with Crippen molar-refractivity contribution < 1.29 is 9.84 Å². The number of rotatable bonds is 3. The first kappa shape index (κ1) is 18.9. The third kappa shape index (κ3) is 3.28. The first-order chi connectivity index (χ1) is 14.6. The summed E-state index contributed by atoms with van der Waals surface area (Å²) in [6.07, 6.45) is 4.00. The fourth-order valence-corrected chi connectivity index (χ4v) is 4.23. The minimum atomic E-state index is -0.616. The van der Waals surface area contributed by atoms with Crippen LogP contribution < -0.4 is 5.56 Å². The molecule has 0 aliphatic carbocycles. The van der Waals surface area contributed by atoms with E-state index < -0.39 is 12.1 Å². The second-order valence-electron chi connectivity index (χ2n) is 7.92. The highest BCUT2D eigenvalue weighted by atomic mass is 16.5. The van der Waals surface area contributed by atoms with Crippen LogP contribution in [0.4, 0.5) is 0 Å². The first-order valence-corrected chi connectivity index (χ1v) is 10.2. The summed E-state index contributed by atoms with van der Waals surface area (Å²) >= 11 is 0. The van der Waals surface area contributed by atoms with E-state index in [9.17, 15) is 9.90 Å². The molecule has 2 aromatic carbocycles. The van der Waals surface area contributed by atoms with Gasteiger partial charge in [0.05, 0.1) is 36.0 Å². The summed E-state index contributed by atoms with van der Waals surface area (Å²) in [6.45, 7) is 2.78. The lowest BCUT2D eigenvalue weighted by Gasteiger charge is -2.29. The molecule has 0 radical (unpaired) electrons. The number of aliphatic hydroxyl groups is 1. The van der Waals surface area contributed by atoms with Crippen molar-refractivity contribution in [1.82, 2.24) is 14.5 Å². The number of aromatic nitrogens is 3. The van der Waals surface area contributed by atoms with E-state index in [1.54, 1.807) is 6.33 Å². The number of hydrogen-bond donors (Lipinski definition) is 1. The van der Waals surface area contributed by atoms with Gasteiger partial charge in [-0.2, -0.15) is 0 Å². The Balaban J connectivity index is 1.70. The summed E-state index contributed by atoms with van der Waals surface area (Å²) in [4.78, 5) is 22.4. The summed E-state index contributed by atoms with van der Waals surface area (Å²) in [7, 11) is 0. The number of ether oxygens (including phenoxy) is 1. The second-order valence-corrected chi connectivity index (χ2v) is 7.92. The molecule has 5 rings (SSSR count). The van der Waals surface area contributed by atoms with Gasteiger partial charge in [0.1, 0.15) is 0 Å². The number of fused-ring (bicyclic) bond motifs is 3. The summed E-state index contributed by atoms with van der Waals surface area (Å²) in [5, 5.41) is 13.0. The molecule has 4 aromatic rings. The van der Waals surface area contributed by atoms with E-state index in [4.69, 9.17) is 4.74 Å². The molecule has 2 atom stereocenters. The molecule has 0 spiro atoms. The summed E-state index contributed by atoms with van der Waals surface area (Å²) in [5.74, 6) is 0. The standard InChI is InChI=1S/C24H23N3O3/c1-15-6-7-16(12-25-15)10-17-11-20-23(19-5-3-2-4-18(17)19)26-14-27(24(20)29)21-13-30-9-8-22(21)28/h2-7,11-12,14,21-22,28H,8-10,13H2,1H3/t21-,22-/m0/s1. The summed E-state index contributed by atoms with van der Waals surface area (Å²) < 4.78 is 7.03. The van der Waals surface area contributed by atoms with Crippen LogP contribution in [0.25, 0.3) is 21.7 Å². The maximum atomic E-state index is 13.4. The van der Waals surface area contributed by atoms with Crippen LogP contribution in [0.15, 0.2) is 59.8 Å². The van der Waals surface area contributed by atoms with Gasteiger partial charge in [-0.3, -0.25) is 14.3 Å². The van der Waals surface area contributed by atoms with Crippen molar-refractivity contribution in [3.05, 3.63) is 82.2 Å². The highest BCUT2D eigenvalue weighted by molar-refractivity contribution is 6.06. The zero-order chi connectivity index (χ0) is 20.7. The van der Waals surface area contributed by atoms with Gasteiger partial charge >= 0.3 is 0 Å². The predicted molar refractivity (Wildman–Crippen MR) is 116 cm³/mol. The van der Waals surface area contributed by atoms with Crippen LogP contribution in [-0.4, -0.2) is 39.0 Å². The van der Waals surface area contributed by atoms with Gasteiger partial charge in [-0.15, -0.1) is 0 Å². The Labute approximate surface area is 173 Å². The maximum Gasteiger partial charge on any atom is 0.261 e. The fourth-order valence-electron chi connectivity index (χ4n) is 4.23. The number of aliphatic hydroxyl groups excluding tert-OH is 1. The average molecular weight is 401 g/mol. The molecule has 6 heteroatoms. The lowest BCUT2D eigenvalue weighted by atomic mass is 9.96. The molecular weight excluding hydrogens is 378 g/mol. The molecule has 1 fully saturated rings. The maximum absolute atomic E-state index is 13.4. The Morgan fingerprint density at radius 1 is 1.13 bits per heavy atom. The zero-order valence-corrected chi connectivity index (χ0v) is 16.8. The number of benzene rings is 2. The molecule has 0 amide bonds. The van der Waals surface area contributed by atoms with Crippen molar-refractivity contribution in [2.24, 2.45) is 0 Å². The van der Waals surface area contributed by atoms with E-state index in [0.717, 1.165) is 27.6 Å². The monoisotopic (exact) mass is 401 g/mol. The topological polar surface area (TPSA) is 77.2 Å². The SMILES string of the molecule is Cc1ccc(Cc2cc3c(=O)n([C@H]4COCC[C@@H]4O)cnc3c3ccccc23)cn1.